The van der Waals surface area contributed by atoms with Gasteiger partial charge < -0.3 is 8.85 Å². The second-order valence-corrected chi connectivity index (χ2v) is 7.34. The van der Waals surface area contributed by atoms with Crippen molar-refractivity contribution in [3.63, 3.8) is 0 Å². The standard InChI is InChI=1S/C11H26O2Si/c1-5-8-9-13-14(12-4,10-6-2)11-7-3/h5-11H2,1-4H3. The monoisotopic (exact) mass is 218 g/mol. The molecule has 86 valence electrons. The van der Waals surface area contributed by atoms with E-state index >= 15 is 0 Å². The van der Waals surface area contributed by atoms with Crippen LogP contribution in [0.1, 0.15) is 46.5 Å². The molecule has 0 spiro atoms. The van der Waals surface area contributed by atoms with Gasteiger partial charge in [-0.2, -0.15) is 0 Å². The summed E-state index contributed by atoms with van der Waals surface area (Å²) < 4.78 is 11.7. The van der Waals surface area contributed by atoms with Crippen molar-refractivity contribution in [2.45, 2.75) is 58.5 Å². The lowest BCUT2D eigenvalue weighted by atomic mass is 10.4. The molecule has 0 radical (unpaired) electrons. The normalized spacial score (nSPS) is 12.0. The third-order valence-corrected chi connectivity index (χ3v) is 6.49. The van der Waals surface area contributed by atoms with Crippen molar-refractivity contribution in [3.05, 3.63) is 0 Å². The third kappa shape index (κ3) is 5.13. The molecule has 0 rings (SSSR count). The average Bonchev–Trinajstić information content (AvgIpc) is 2.19. The van der Waals surface area contributed by atoms with E-state index in [0.29, 0.717) is 0 Å². The Morgan fingerprint density at radius 3 is 1.86 bits per heavy atom. The van der Waals surface area contributed by atoms with Crippen LogP contribution in [0.15, 0.2) is 0 Å². The fraction of sp³-hybridized carbons (Fsp3) is 1.00. The van der Waals surface area contributed by atoms with Gasteiger partial charge in [0.05, 0.1) is 0 Å². The Morgan fingerprint density at radius 1 is 0.929 bits per heavy atom. The second-order valence-electron chi connectivity index (χ2n) is 3.82. The minimum atomic E-state index is -1.81. The van der Waals surface area contributed by atoms with Gasteiger partial charge in [-0.05, 0) is 18.5 Å². The van der Waals surface area contributed by atoms with Crippen molar-refractivity contribution in [2.24, 2.45) is 0 Å². The van der Waals surface area contributed by atoms with Gasteiger partial charge in [0.1, 0.15) is 0 Å². The molecule has 3 heteroatoms. The van der Waals surface area contributed by atoms with Crippen molar-refractivity contribution in [1.82, 2.24) is 0 Å². The Bertz CT molecular complexity index is 122. The van der Waals surface area contributed by atoms with Gasteiger partial charge in [-0.15, -0.1) is 0 Å². The van der Waals surface area contributed by atoms with E-state index in [-0.39, 0.29) is 0 Å². The van der Waals surface area contributed by atoms with Crippen LogP contribution in [0.5, 0.6) is 0 Å². The first-order valence-corrected chi connectivity index (χ1v) is 8.16. The maximum atomic E-state index is 6.02. The summed E-state index contributed by atoms with van der Waals surface area (Å²) in [5.74, 6) is 0. The molecule has 0 bridgehead atoms. The predicted octanol–water partition coefficient (Wildman–Crippen LogP) is 3.71. The summed E-state index contributed by atoms with van der Waals surface area (Å²) in [5, 5.41) is 0. The molecule has 2 nitrogen and oxygen atoms in total. The highest BCUT2D eigenvalue weighted by Crippen LogP contribution is 2.22. The van der Waals surface area contributed by atoms with Crippen LogP contribution in [0.3, 0.4) is 0 Å². The van der Waals surface area contributed by atoms with E-state index in [4.69, 9.17) is 8.85 Å². The van der Waals surface area contributed by atoms with Gasteiger partial charge in [0.25, 0.3) is 0 Å². The molecule has 0 fully saturated rings. The topological polar surface area (TPSA) is 18.5 Å². The molecule has 14 heavy (non-hydrogen) atoms. The Balaban J connectivity index is 4.03. The van der Waals surface area contributed by atoms with Crippen LogP contribution in [0.2, 0.25) is 12.1 Å². The molecule has 0 aliphatic rings. The van der Waals surface area contributed by atoms with Crippen molar-refractivity contribution in [2.75, 3.05) is 13.7 Å². The van der Waals surface area contributed by atoms with Gasteiger partial charge in [-0.1, -0.05) is 40.0 Å². The first-order chi connectivity index (χ1) is 6.74. The Hall–Kier alpha value is 0.137. The third-order valence-electron chi connectivity index (χ3n) is 2.50. The van der Waals surface area contributed by atoms with E-state index in [9.17, 15) is 0 Å². The highest BCUT2D eigenvalue weighted by Gasteiger charge is 2.34. The summed E-state index contributed by atoms with van der Waals surface area (Å²) in [6, 6.07) is 2.28. The summed E-state index contributed by atoms with van der Waals surface area (Å²) >= 11 is 0. The van der Waals surface area contributed by atoms with Crippen LogP contribution in [0.25, 0.3) is 0 Å². The molecule has 0 aromatic heterocycles. The van der Waals surface area contributed by atoms with Crippen LogP contribution < -0.4 is 0 Å². The van der Waals surface area contributed by atoms with Crippen LogP contribution in [-0.2, 0) is 8.85 Å². The maximum Gasteiger partial charge on any atom is 0.337 e. The highest BCUT2D eigenvalue weighted by molar-refractivity contribution is 6.67. The summed E-state index contributed by atoms with van der Waals surface area (Å²) in [5.41, 5.74) is 0. The first kappa shape index (κ1) is 14.1. The fourth-order valence-electron chi connectivity index (χ4n) is 1.70. The van der Waals surface area contributed by atoms with E-state index in [1.165, 1.54) is 19.3 Å². The van der Waals surface area contributed by atoms with Gasteiger partial charge in [-0.3, -0.25) is 0 Å². The highest BCUT2D eigenvalue weighted by atomic mass is 28.4. The molecular weight excluding hydrogens is 192 g/mol. The minimum Gasteiger partial charge on any atom is -0.398 e. The SMILES string of the molecule is CCCCO[Si](CCC)(CCC)OC. The fourth-order valence-corrected chi connectivity index (χ4v) is 4.80. The zero-order valence-electron chi connectivity index (χ0n) is 10.3. The summed E-state index contributed by atoms with van der Waals surface area (Å²) in [7, 11) is 0.0162. The molecule has 0 N–H and O–H groups in total. The molecule has 0 amide bonds. The van der Waals surface area contributed by atoms with Crippen molar-refractivity contribution < 1.29 is 8.85 Å². The molecule has 0 aromatic rings. The van der Waals surface area contributed by atoms with Crippen LogP contribution >= 0.6 is 0 Å². The lowest BCUT2D eigenvalue weighted by molar-refractivity contribution is 0.194. The Labute approximate surface area is 90.2 Å². The molecule has 0 saturated heterocycles. The number of rotatable bonds is 9. The lowest BCUT2D eigenvalue weighted by Crippen LogP contribution is -2.41. The molecule has 0 atom stereocenters. The predicted molar refractivity (Wildman–Crippen MR) is 63.8 cm³/mol. The summed E-state index contributed by atoms with van der Waals surface area (Å²) in [4.78, 5) is 0. The molecular formula is C11H26O2Si. The summed E-state index contributed by atoms with van der Waals surface area (Å²) in [6.07, 6.45) is 4.70. The van der Waals surface area contributed by atoms with Gasteiger partial charge in [0.15, 0.2) is 0 Å². The molecule has 0 aliphatic carbocycles. The second kappa shape index (κ2) is 8.45. The number of unbranched alkanes of at least 4 members (excludes halogenated alkanes) is 1. The van der Waals surface area contributed by atoms with Crippen molar-refractivity contribution in [1.29, 1.82) is 0 Å². The quantitative estimate of drug-likeness (QED) is 0.434. The zero-order chi connectivity index (χ0) is 10.9. The van der Waals surface area contributed by atoms with Gasteiger partial charge in [0, 0.05) is 13.7 Å². The average molecular weight is 218 g/mol. The first-order valence-electron chi connectivity index (χ1n) is 5.93. The minimum absolute atomic E-state index is 0.885. The summed E-state index contributed by atoms with van der Waals surface area (Å²) in [6.45, 7) is 7.49. The lowest BCUT2D eigenvalue weighted by Gasteiger charge is -2.28. The van der Waals surface area contributed by atoms with E-state index in [1.807, 2.05) is 7.11 Å². The van der Waals surface area contributed by atoms with E-state index in [2.05, 4.69) is 20.8 Å². The van der Waals surface area contributed by atoms with Crippen LogP contribution in [0, 0.1) is 0 Å². The molecule has 0 aliphatic heterocycles. The zero-order valence-corrected chi connectivity index (χ0v) is 11.3. The van der Waals surface area contributed by atoms with Gasteiger partial charge >= 0.3 is 8.56 Å². The smallest absolute Gasteiger partial charge is 0.337 e. The number of hydrogen-bond acceptors (Lipinski definition) is 2. The maximum absolute atomic E-state index is 6.02. The van der Waals surface area contributed by atoms with Crippen LogP contribution in [-0.4, -0.2) is 22.3 Å². The van der Waals surface area contributed by atoms with Gasteiger partial charge in [-0.25, -0.2) is 0 Å². The van der Waals surface area contributed by atoms with E-state index in [0.717, 1.165) is 25.1 Å². The van der Waals surface area contributed by atoms with Crippen molar-refractivity contribution in [3.8, 4) is 0 Å². The van der Waals surface area contributed by atoms with E-state index < -0.39 is 8.56 Å². The Kier molecular flexibility index (Phi) is 8.53. The van der Waals surface area contributed by atoms with Crippen LogP contribution in [0.4, 0.5) is 0 Å². The van der Waals surface area contributed by atoms with E-state index in [1.54, 1.807) is 0 Å². The molecule has 0 heterocycles. The largest absolute Gasteiger partial charge is 0.398 e. The molecule has 0 unspecified atom stereocenters. The number of hydrogen-bond donors (Lipinski definition) is 0. The molecule has 0 saturated carbocycles. The van der Waals surface area contributed by atoms with Gasteiger partial charge in [0.2, 0.25) is 0 Å². The van der Waals surface area contributed by atoms with Crippen molar-refractivity contribution >= 4 is 8.56 Å². The molecule has 0 aromatic carbocycles. The Morgan fingerprint density at radius 2 is 1.50 bits per heavy atom.